The van der Waals surface area contributed by atoms with Crippen molar-refractivity contribution in [3.63, 3.8) is 0 Å². The number of aryl methyl sites for hydroxylation is 1. The summed E-state index contributed by atoms with van der Waals surface area (Å²) < 4.78 is 0. The van der Waals surface area contributed by atoms with E-state index in [-0.39, 0.29) is 0 Å². The quantitative estimate of drug-likeness (QED) is 0.627. The van der Waals surface area contributed by atoms with Gasteiger partial charge in [-0.25, -0.2) is 15.8 Å². The predicted molar refractivity (Wildman–Crippen MR) is 65.1 cm³/mol. The van der Waals surface area contributed by atoms with Crippen molar-refractivity contribution in [1.29, 1.82) is 0 Å². The molecule has 1 aromatic heterocycles. The molecule has 0 radical (unpaired) electrons. The molecule has 0 unspecified atom stereocenters. The smallest absolute Gasteiger partial charge is 0.173 e. The molecule has 0 saturated carbocycles. The number of rotatable bonds is 3. The van der Waals surface area contributed by atoms with Gasteiger partial charge in [-0.15, -0.1) is 0 Å². The van der Waals surface area contributed by atoms with E-state index in [1.54, 1.807) is 12.4 Å². The van der Waals surface area contributed by atoms with Crippen molar-refractivity contribution in [2.45, 2.75) is 16.8 Å². The highest BCUT2D eigenvalue weighted by Crippen LogP contribution is 2.29. The Balaban J connectivity index is 2.23. The van der Waals surface area contributed by atoms with Gasteiger partial charge in [-0.1, -0.05) is 29.5 Å². The van der Waals surface area contributed by atoms with Crippen LogP contribution in [0, 0.1) is 6.92 Å². The van der Waals surface area contributed by atoms with Gasteiger partial charge in [0, 0.05) is 17.3 Å². The molecule has 2 aromatic rings. The molecule has 0 aliphatic rings. The number of anilines is 1. The molecular formula is C11H12N4S. The van der Waals surface area contributed by atoms with Crippen LogP contribution in [0.5, 0.6) is 0 Å². The number of nitrogen functional groups attached to an aromatic ring is 1. The van der Waals surface area contributed by atoms with Crippen molar-refractivity contribution in [2.75, 3.05) is 5.43 Å². The molecule has 1 aromatic carbocycles. The minimum atomic E-state index is 0.591. The van der Waals surface area contributed by atoms with Crippen molar-refractivity contribution in [3.05, 3.63) is 42.2 Å². The number of hydrogen-bond donors (Lipinski definition) is 2. The van der Waals surface area contributed by atoms with Crippen LogP contribution in [0.25, 0.3) is 0 Å². The number of nitrogens with one attached hydrogen (secondary N) is 1. The van der Waals surface area contributed by atoms with E-state index < -0.39 is 0 Å². The van der Waals surface area contributed by atoms with Crippen LogP contribution in [0.3, 0.4) is 0 Å². The fourth-order valence-corrected chi connectivity index (χ4v) is 2.03. The Hall–Kier alpha value is -1.59. The molecule has 0 spiro atoms. The Bertz CT molecular complexity index is 470. The van der Waals surface area contributed by atoms with Crippen molar-refractivity contribution in [3.8, 4) is 0 Å². The highest BCUT2D eigenvalue weighted by Gasteiger charge is 2.05. The molecule has 0 fully saturated rings. The molecule has 0 amide bonds. The molecule has 4 nitrogen and oxygen atoms in total. The van der Waals surface area contributed by atoms with Crippen molar-refractivity contribution in [1.82, 2.24) is 9.97 Å². The van der Waals surface area contributed by atoms with Crippen LogP contribution in [0.2, 0.25) is 0 Å². The van der Waals surface area contributed by atoms with Crippen LogP contribution >= 0.6 is 11.8 Å². The Morgan fingerprint density at radius 3 is 2.50 bits per heavy atom. The van der Waals surface area contributed by atoms with Gasteiger partial charge < -0.3 is 5.43 Å². The average molecular weight is 232 g/mol. The van der Waals surface area contributed by atoms with Gasteiger partial charge in [0.05, 0.1) is 0 Å². The van der Waals surface area contributed by atoms with Gasteiger partial charge >= 0.3 is 0 Å². The zero-order valence-electron chi connectivity index (χ0n) is 8.84. The zero-order valence-corrected chi connectivity index (χ0v) is 9.66. The lowest BCUT2D eigenvalue weighted by Gasteiger charge is -2.05. The number of hydrogen-bond acceptors (Lipinski definition) is 5. The maximum Gasteiger partial charge on any atom is 0.173 e. The molecule has 2 rings (SSSR count). The van der Waals surface area contributed by atoms with E-state index in [0.717, 1.165) is 9.92 Å². The van der Waals surface area contributed by atoms with Crippen LogP contribution in [0.4, 0.5) is 5.82 Å². The van der Waals surface area contributed by atoms with Gasteiger partial charge in [0.2, 0.25) is 0 Å². The number of nitrogens with zero attached hydrogens (tertiary/aromatic N) is 2. The minimum absolute atomic E-state index is 0.591. The Morgan fingerprint density at radius 2 is 1.81 bits per heavy atom. The Kier molecular flexibility index (Phi) is 3.38. The molecule has 16 heavy (non-hydrogen) atoms. The summed E-state index contributed by atoms with van der Waals surface area (Å²) in [5.41, 5.74) is 3.77. The summed E-state index contributed by atoms with van der Waals surface area (Å²) in [5.74, 6) is 5.95. The summed E-state index contributed by atoms with van der Waals surface area (Å²) in [6.07, 6.45) is 3.26. The number of hydrazine groups is 1. The maximum absolute atomic E-state index is 5.36. The molecule has 82 valence electrons. The zero-order chi connectivity index (χ0) is 11.4. The third-order valence-corrected chi connectivity index (χ3v) is 3.04. The normalized spacial score (nSPS) is 10.1. The fraction of sp³-hybridized carbons (Fsp3) is 0.0909. The monoisotopic (exact) mass is 232 g/mol. The number of benzene rings is 1. The summed E-state index contributed by atoms with van der Waals surface area (Å²) in [7, 11) is 0. The third-order valence-electron chi connectivity index (χ3n) is 2.04. The van der Waals surface area contributed by atoms with E-state index in [4.69, 9.17) is 5.84 Å². The largest absolute Gasteiger partial charge is 0.306 e. The molecule has 0 aliphatic carbocycles. The third kappa shape index (κ3) is 2.50. The van der Waals surface area contributed by atoms with Crippen LogP contribution in [0.1, 0.15) is 5.56 Å². The average Bonchev–Trinajstić information content (AvgIpc) is 2.33. The van der Waals surface area contributed by atoms with Gasteiger partial charge in [0.1, 0.15) is 5.03 Å². The van der Waals surface area contributed by atoms with E-state index in [9.17, 15) is 0 Å². The minimum Gasteiger partial charge on any atom is -0.306 e. The van der Waals surface area contributed by atoms with E-state index in [2.05, 4.69) is 46.6 Å². The number of aromatic nitrogens is 2. The van der Waals surface area contributed by atoms with E-state index in [0.29, 0.717) is 5.82 Å². The van der Waals surface area contributed by atoms with Gasteiger partial charge in [-0.3, -0.25) is 0 Å². The van der Waals surface area contributed by atoms with Crippen LogP contribution in [-0.2, 0) is 0 Å². The van der Waals surface area contributed by atoms with Crippen LogP contribution < -0.4 is 11.3 Å². The highest BCUT2D eigenvalue weighted by molar-refractivity contribution is 7.99. The predicted octanol–water partition coefficient (Wildman–Crippen LogP) is 2.22. The van der Waals surface area contributed by atoms with Crippen molar-refractivity contribution < 1.29 is 0 Å². The Labute approximate surface area is 98.3 Å². The summed E-state index contributed by atoms with van der Waals surface area (Å²) in [5, 5.41) is 0.772. The van der Waals surface area contributed by atoms with Gasteiger partial charge in [0.25, 0.3) is 0 Å². The molecule has 0 saturated heterocycles. The first-order valence-corrected chi connectivity index (χ1v) is 5.63. The molecular weight excluding hydrogens is 220 g/mol. The molecule has 0 bridgehead atoms. The van der Waals surface area contributed by atoms with Gasteiger partial charge in [0.15, 0.2) is 5.82 Å². The fourth-order valence-electron chi connectivity index (χ4n) is 1.22. The van der Waals surface area contributed by atoms with Crippen LogP contribution in [-0.4, -0.2) is 9.97 Å². The Morgan fingerprint density at radius 1 is 1.12 bits per heavy atom. The topological polar surface area (TPSA) is 63.8 Å². The number of nitrogens with two attached hydrogens (primary N) is 1. The summed E-state index contributed by atoms with van der Waals surface area (Å²) in [6, 6.07) is 8.23. The van der Waals surface area contributed by atoms with Crippen LogP contribution in [0.15, 0.2) is 46.6 Å². The lowest BCUT2D eigenvalue weighted by atomic mass is 10.2. The second-order valence-electron chi connectivity index (χ2n) is 3.27. The van der Waals surface area contributed by atoms with E-state index >= 15 is 0 Å². The molecule has 3 N–H and O–H groups in total. The van der Waals surface area contributed by atoms with Crippen molar-refractivity contribution in [2.24, 2.45) is 5.84 Å². The molecule has 0 aliphatic heterocycles. The first-order chi connectivity index (χ1) is 7.79. The summed E-state index contributed by atoms with van der Waals surface area (Å²) in [6.45, 7) is 2.06. The SMILES string of the molecule is Cc1ccc(Sc2nccnc2NN)cc1. The van der Waals surface area contributed by atoms with Gasteiger partial charge in [-0.05, 0) is 19.1 Å². The second-order valence-corrected chi connectivity index (χ2v) is 4.33. The standard InChI is InChI=1S/C11H12N4S/c1-8-2-4-9(5-3-8)16-11-10(15-12)13-6-7-14-11/h2-7H,12H2,1H3,(H,13,15). The molecule has 1 heterocycles. The second kappa shape index (κ2) is 4.96. The van der Waals surface area contributed by atoms with E-state index in [1.807, 2.05) is 0 Å². The summed E-state index contributed by atoms with van der Waals surface area (Å²) in [4.78, 5) is 9.43. The highest BCUT2D eigenvalue weighted by atomic mass is 32.2. The summed E-state index contributed by atoms with van der Waals surface area (Å²) >= 11 is 1.53. The molecule has 5 heteroatoms. The van der Waals surface area contributed by atoms with E-state index in [1.165, 1.54) is 17.3 Å². The lowest BCUT2D eigenvalue weighted by molar-refractivity contribution is 1.04. The van der Waals surface area contributed by atoms with Crippen molar-refractivity contribution >= 4 is 17.6 Å². The lowest BCUT2D eigenvalue weighted by Crippen LogP contribution is -2.10. The first-order valence-electron chi connectivity index (χ1n) is 4.82. The molecule has 0 atom stereocenters. The first kappa shape index (κ1) is 10.9. The van der Waals surface area contributed by atoms with Gasteiger partial charge in [-0.2, -0.15) is 0 Å². The maximum atomic E-state index is 5.36.